The highest BCUT2D eigenvalue weighted by Crippen LogP contribution is 2.34. The van der Waals surface area contributed by atoms with Crippen molar-refractivity contribution in [1.82, 2.24) is 14.1 Å². The van der Waals surface area contributed by atoms with Gasteiger partial charge in [-0.05, 0) is 49.4 Å². The summed E-state index contributed by atoms with van der Waals surface area (Å²) in [4.78, 5) is 46.3. The van der Waals surface area contributed by atoms with Crippen LogP contribution >= 0.6 is 0 Å². The van der Waals surface area contributed by atoms with E-state index in [0.717, 1.165) is 84.3 Å². The van der Waals surface area contributed by atoms with Gasteiger partial charge in [0.25, 0.3) is 5.69 Å². The van der Waals surface area contributed by atoms with Crippen LogP contribution in [0.5, 0.6) is 0 Å². The number of imidazole rings is 1. The summed E-state index contributed by atoms with van der Waals surface area (Å²) < 4.78 is 3.36. The average Bonchev–Trinajstić information content (AvgIpc) is 3.65. The summed E-state index contributed by atoms with van der Waals surface area (Å²) in [6.07, 6.45) is 11.9. The van der Waals surface area contributed by atoms with Crippen molar-refractivity contribution in [2.24, 2.45) is 11.1 Å². The van der Waals surface area contributed by atoms with Crippen molar-refractivity contribution in [3.63, 3.8) is 0 Å². The average molecular weight is 574 g/mol. The third-order valence-electron chi connectivity index (χ3n) is 7.78. The van der Waals surface area contributed by atoms with Gasteiger partial charge in [0.1, 0.15) is 12.0 Å². The quantitative estimate of drug-likeness (QED) is 0.0352. The van der Waals surface area contributed by atoms with Crippen molar-refractivity contribution in [2.75, 3.05) is 0 Å². The van der Waals surface area contributed by atoms with Crippen molar-refractivity contribution in [3.8, 4) is 0 Å². The first-order valence-corrected chi connectivity index (χ1v) is 14.9. The first kappa shape index (κ1) is 30.6. The highest BCUT2D eigenvalue weighted by Gasteiger charge is 2.21. The molecule has 222 valence electrons. The van der Waals surface area contributed by atoms with Crippen molar-refractivity contribution < 1.29 is 19.3 Å². The molecule has 0 amide bonds. The first-order chi connectivity index (χ1) is 20.4. The molecule has 4 rings (SSSR count). The number of carbonyl (C=O) groups excluding carboxylic acids is 2. The number of hydrogen-bond donors (Lipinski definition) is 0. The standard InChI is InChI=1S/C32H39N5O5/c1-4-7-9-10-12-28(34-42-32(39)35-18-17-33-22-35)31(38)24-13-15-29-26(19-24)27-20-25(37(40)41)14-16-30(27)36(29)21-23(6-3)11-8-5-2/h13-20,22-23H,4-12,21H2,1-3H3/b34-28+. The number of nitro groups is 1. The minimum atomic E-state index is -0.759. The van der Waals surface area contributed by atoms with Gasteiger partial charge < -0.3 is 4.57 Å². The molecule has 4 aromatic rings. The number of aromatic nitrogens is 3. The molecule has 10 nitrogen and oxygen atoms in total. The van der Waals surface area contributed by atoms with Gasteiger partial charge in [-0.25, -0.2) is 14.3 Å². The maximum Gasteiger partial charge on any atom is 0.445 e. The van der Waals surface area contributed by atoms with Crippen LogP contribution in [0.15, 0.2) is 60.3 Å². The zero-order valence-corrected chi connectivity index (χ0v) is 24.6. The van der Waals surface area contributed by atoms with E-state index in [1.807, 2.05) is 6.07 Å². The zero-order chi connectivity index (χ0) is 30.1. The number of ketones is 1. The monoisotopic (exact) mass is 573 g/mol. The minimum Gasteiger partial charge on any atom is -0.340 e. The van der Waals surface area contributed by atoms with E-state index in [1.165, 1.54) is 24.8 Å². The van der Waals surface area contributed by atoms with Crippen LogP contribution in [-0.2, 0) is 11.4 Å². The molecule has 0 N–H and O–H groups in total. The van der Waals surface area contributed by atoms with Crippen LogP contribution in [0.4, 0.5) is 10.5 Å². The first-order valence-electron chi connectivity index (χ1n) is 14.9. The van der Waals surface area contributed by atoms with E-state index in [-0.39, 0.29) is 17.2 Å². The molecule has 0 aliphatic heterocycles. The van der Waals surface area contributed by atoms with E-state index >= 15 is 0 Å². The van der Waals surface area contributed by atoms with Crippen LogP contribution < -0.4 is 0 Å². The van der Waals surface area contributed by atoms with Gasteiger partial charge in [0.15, 0.2) is 0 Å². The fraction of sp³-hybridized carbons (Fsp3) is 0.438. The molecule has 1 unspecified atom stereocenters. The number of oxime groups is 1. The number of nitro benzene ring substituents is 1. The van der Waals surface area contributed by atoms with E-state index in [4.69, 9.17) is 4.84 Å². The highest BCUT2D eigenvalue weighted by atomic mass is 16.7. The lowest BCUT2D eigenvalue weighted by Crippen LogP contribution is -2.17. The Bertz CT molecular complexity index is 1570. The SMILES string of the molecule is CCCCCC/C(=N\OC(=O)n1ccnc1)C(=O)c1ccc2c(c1)c1cc([N+](=O)[O-])ccc1n2CC(CC)CCCC. The van der Waals surface area contributed by atoms with Crippen LogP contribution in [0.25, 0.3) is 21.8 Å². The lowest BCUT2D eigenvalue weighted by atomic mass is 9.99. The molecule has 0 radical (unpaired) electrons. The molecule has 1 atom stereocenters. The lowest BCUT2D eigenvalue weighted by molar-refractivity contribution is -0.384. The van der Waals surface area contributed by atoms with Gasteiger partial charge in [0, 0.05) is 58.4 Å². The number of rotatable bonds is 15. The van der Waals surface area contributed by atoms with Gasteiger partial charge >= 0.3 is 6.09 Å². The Balaban J connectivity index is 1.74. The van der Waals surface area contributed by atoms with Gasteiger partial charge in [-0.1, -0.05) is 64.5 Å². The van der Waals surface area contributed by atoms with Gasteiger partial charge in [0.05, 0.1) is 4.92 Å². The highest BCUT2D eigenvalue weighted by molar-refractivity contribution is 6.46. The predicted octanol–water partition coefficient (Wildman–Crippen LogP) is 8.31. The molecule has 0 aliphatic carbocycles. The Morgan fingerprint density at radius 2 is 1.74 bits per heavy atom. The molecular formula is C32H39N5O5. The van der Waals surface area contributed by atoms with E-state index in [2.05, 4.69) is 35.5 Å². The number of benzene rings is 2. The number of Topliss-reactive ketones (excluding diaryl/α,β-unsaturated/α-hetero) is 1. The fourth-order valence-corrected chi connectivity index (χ4v) is 5.31. The summed E-state index contributed by atoms with van der Waals surface area (Å²) in [5, 5.41) is 17.1. The Labute approximate surface area is 245 Å². The molecule has 0 bridgehead atoms. The molecule has 0 aliphatic rings. The number of fused-ring (bicyclic) bond motifs is 3. The van der Waals surface area contributed by atoms with Crippen LogP contribution in [0.1, 0.15) is 88.9 Å². The topological polar surface area (TPSA) is 122 Å². The smallest absolute Gasteiger partial charge is 0.340 e. The van der Waals surface area contributed by atoms with Gasteiger partial charge in [-0.3, -0.25) is 19.7 Å². The molecule has 0 spiro atoms. The molecule has 10 heteroatoms. The summed E-state index contributed by atoms with van der Waals surface area (Å²) in [5.74, 6) is 0.125. The Morgan fingerprint density at radius 1 is 1.00 bits per heavy atom. The Morgan fingerprint density at radius 3 is 2.40 bits per heavy atom. The van der Waals surface area contributed by atoms with Crippen molar-refractivity contribution >= 4 is 45.1 Å². The van der Waals surface area contributed by atoms with E-state index < -0.39 is 11.0 Å². The molecule has 0 fully saturated rings. The Hall–Kier alpha value is -4.34. The largest absolute Gasteiger partial charge is 0.445 e. The maximum absolute atomic E-state index is 13.8. The van der Waals surface area contributed by atoms with Gasteiger partial charge in [-0.2, -0.15) is 0 Å². The Kier molecular flexibility index (Phi) is 10.6. The van der Waals surface area contributed by atoms with E-state index in [9.17, 15) is 19.7 Å². The molecule has 0 saturated carbocycles. The molecule has 0 saturated heterocycles. The summed E-state index contributed by atoms with van der Waals surface area (Å²) in [5.41, 5.74) is 2.36. The minimum absolute atomic E-state index is 0.000828. The zero-order valence-electron chi connectivity index (χ0n) is 24.6. The lowest BCUT2D eigenvalue weighted by Gasteiger charge is -2.17. The van der Waals surface area contributed by atoms with E-state index in [0.29, 0.717) is 17.9 Å². The summed E-state index contributed by atoms with van der Waals surface area (Å²) in [7, 11) is 0. The summed E-state index contributed by atoms with van der Waals surface area (Å²) in [6, 6.07) is 10.4. The van der Waals surface area contributed by atoms with Crippen molar-refractivity contribution in [3.05, 3.63) is 70.8 Å². The molecule has 2 aromatic heterocycles. The number of unbranched alkanes of at least 4 members (excludes halogenated alkanes) is 4. The summed E-state index contributed by atoms with van der Waals surface area (Å²) >= 11 is 0. The van der Waals surface area contributed by atoms with Crippen LogP contribution in [0, 0.1) is 16.0 Å². The van der Waals surface area contributed by atoms with Crippen LogP contribution in [0.3, 0.4) is 0 Å². The number of hydrogen-bond acceptors (Lipinski definition) is 7. The number of carbonyl (C=O) groups is 2. The summed E-state index contributed by atoms with van der Waals surface area (Å²) in [6.45, 7) is 7.27. The second-order valence-electron chi connectivity index (χ2n) is 10.7. The molecule has 2 aromatic carbocycles. The number of nitrogens with zero attached hydrogens (tertiary/aromatic N) is 5. The van der Waals surface area contributed by atoms with E-state index in [1.54, 1.807) is 24.3 Å². The van der Waals surface area contributed by atoms with Gasteiger partial charge in [-0.15, -0.1) is 0 Å². The molecule has 42 heavy (non-hydrogen) atoms. The number of non-ortho nitro benzene ring substituents is 1. The van der Waals surface area contributed by atoms with Crippen molar-refractivity contribution in [2.45, 2.75) is 85.1 Å². The van der Waals surface area contributed by atoms with Crippen LogP contribution in [-0.4, -0.2) is 36.6 Å². The third-order valence-corrected chi connectivity index (χ3v) is 7.78. The fourth-order valence-electron chi connectivity index (χ4n) is 5.31. The molecule has 2 heterocycles. The van der Waals surface area contributed by atoms with Crippen LogP contribution in [0.2, 0.25) is 0 Å². The van der Waals surface area contributed by atoms with Crippen molar-refractivity contribution in [1.29, 1.82) is 0 Å². The molecular weight excluding hydrogens is 534 g/mol. The van der Waals surface area contributed by atoms with Gasteiger partial charge in [0.2, 0.25) is 5.78 Å². The second-order valence-corrected chi connectivity index (χ2v) is 10.7. The maximum atomic E-state index is 13.8. The normalized spacial score (nSPS) is 12.6. The third kappa shape index (κ3) is 7.10. The second kappa shape index (κ2) is 14.5. The predicted molar refractivity (Wildman–Crippen MR) is 164 cm³/mol.